The van der Waals surface area contributed by atoms with Crippen LogP contribution in [0.25, 0.3) is 0 Å². The number of carbonyl (C=O) groups is 1. The smallest absolute Gasteiger partial charge is 0.410 e. The zero-order valence-corrected chi connectivity index (χ0v) is 13.4. The molecule has 0 spiro atoms. The SMILES string of the molecule is Cc1ccccc1[C@@H]1CN(C(=O)OC(C)(C)C)CC[C@@H]1N. The van der Waals surface area contributed by atoms with Gasteiger partial charge in [-0.05, 0) is 45.2 Å². The van der Waals surface area contributed by atoms with Crippen molar-refractivity contribution in [2.75, 3.05) is 13.1 Å². The molecule has 0 saturated carbocycles. The van der Waals surface area contributed by atoms with E-state index >= 15 is 0 Å². The van der Waals surface area contributed by atoms with Crippen molar-refractivity contribution in [3.8, 4) is 0 Å². The van der Waals surface area contributed by atoms with Crippen LogP contribution >= 0.6 is 0 Å². The lowest BCUT2D eigenvalue weighted by Crippen LogP contribution is -2.49. The number of nitrogens with zero attached hydrogens (tertiary/aromatic N) is 1. The van der Waals surface area contributed by atoms with E-state index in [9.17, 15) is 4.79 Å². The van der Waals surface area contributed by atoms with Gasteiger partial charge in [-0.2, -0.15) is 0 Å². The molecule has 1 aliphatic heterocycles. The van der Waals surface area contributed by atoms with Gasteiger partial charge in [-0.1, -0.05) is 24.3 Å². The predicted molar refractivity (Wildman–Crippen MR) is 84.3 cm³/mol. The second-order valence-electron chi connectivity index (χ2n) is 6.84. The third-order valence-electron chi connectivity index (χ3n) is 3.91. The van der Waals surface area contributed by atoms with Crippen LogP contribution in [-0.4, -0.2) is 35.7 Å². The van der Waals surface area contributed by atoms with Crippen LogP contribution in [0.15, 0.2) is 24.3 Å². The maximum Gasteiger partial charge on any atom is 0.410 e. The van der Waals surface area contributed by atoms with Gasteiger partial charge in [0.15, 0.2) is 0 Å². The van der Waals surface area contributed by atoms with Gasteiger partial charge in [0, 0.05) is 25.0 Å². The van der Waals surface area contributed by atoms with Gasteiger partial charge < -0.3 is 15.4 Å². The van der Waals surface area contributed by atoms with E-state index < -0.39 is 5.60 Å². The zero-order valence-electron chi connectivity index (χ0n) is 13.4. The van der Waals surface area contributed by atoms with Gasteiger partial charge in [-0.15, -0.1) is 0 Å². The first-order valence-electron chi connectivity index (χ1n) is 7.57. The summed E-state index contributed by atoms with van der Waals surface area (Å²) < 4.78 is 5.47. The van der Waals surface area contributed by atoms with Gasteiger partial charge in [0.25, 0.3) is 0 Å². The highest BCUT2D eigenvalue weighted by Gasteiger charge is 2.33. The van der Waals surface area contributed by atoms with Crippen molar-refractivity contribution in [2.24, 2.45) is 5.73 Å². The van der Waals surface area contributed by atoms with Crippen LogP contribution in [0, 0.1) is 6.92 Å². The fourth-order valence-corrected chi connectivity index (χ4v) is 2.79. The number of hydrogen-bond acceptors (Lipinski definition) is 3. The Balaban J connectivity index is 2.13. The molecule has 1 heterocycles. The normalized spacial score (nSPS) is 23.0. The molecule has 21 heavy (non-hydrogen) atoms. The minimum atomic E-state index is -0.463. The molecule has 0 bridgehead atoms. The summed E-state index contributed by atoms with van der Waals surface area (Å²) in [7, 11) is 0. The van der Waals surface area contributed by atoms with Gasteiger partial charge in [0.2, 0.25) is 0 Å². The number of piperidine rings is 1. The first-order chi connectivity index (χ1) is 9.78. The van der Waals surface area contributed by atoms with E-state index in [4.69, 9.17) is 10.5 Å². The maximum atomic E-state index is 12.2. The number of carbonyl (C=O) groups excluding carboxylic acids is 1. The van der Waals surface area contributed by atoms with E-state index in [1.54, 1.807) is 4.90 Å². The number of aryl methyl sites for hydroxylation is 1. The Labute approximate surface area is 127 Å². The van der Waals surface area contributed by atoms with Crippen molar-refractivity contribution in [1.82, 2.24) is 4.90 Å². The van der Waals surface area contributed by atoms with Crippen LogP contribution in [-0.2, 0) is 4.74 Å². The standard InChI is InChI=1S/C17H26N2O2/c1-12-7-5-6-8-13(12)14-11-19(10-9-15(14)18)16(20)21-17(2,3)4/h5-8,14-15H,9-11,18H2,1-4H3/t14-,15-/m0/s1. The predicted octanol–water partition coefficient (Wildman–Crippen LogP) is 3.05. The lowest BCUT2D eigenvalue weighted by atomic mass is 9.84. The molecule has 1 aliphatic rings. The summed E-state index contributed by atoms with van der Waals surface area (Å²) in [6.07, 6.45) is 0.561. The van der Waals surface area contributed by atoms with Crippen molar-refractivity contribution in [2.45, 2.75) is 51.7 Å². The van der Waals surface area contributed by atoms with E-state index in [-0.39, 0.29) is 18.1 Å². The summed E-state index contributed by atoms with van der Waals surface area (Å²) in [6.45, 7) is 9.05. The summed E-state index contributed by atoms with van der Waals surface area (Å²) in [6, 6.07) is 8.34. The lowest BCUT2D eigenvalue weighted by molar-refractivity contribution is 0.0186. The highest BCUT2D eigenvalue weighted by Crippen LogP contribution is 2.29. The molecule has 4 heteroatoms. The molecule has 2 rings (SSSR count). The molecule has 116 valence electrons. The molecule has 0 unspecified atom stereocenters. The molecular formula is C17H26N2O2. The summed E-state index contributed by atoms with van der Waals surface area (Å²) in [5.41, 5.74) is 8.29. The molecule has 2 atom stereocenters. The summed E-state index contributed by atoms with van der Waals surface area (Å²) in [4.78, 5) is 14.0. The third kappa shape index (κ3) is 3.97. The van der Waals surface area contributed by atoms with Crippen molar-refractivity contribution in [3.63, 3.8) is 0 Å². The summed E-state index contributed by atoms with van der Waals surface area (Å²) >= 11 is 0. The van der Waals surface area contributed by atoms with E-state index in [1.165, 1.54) is 11.1 Å². The van der Waals surface area contributed by atoms with Crippen LogP contribution in [0.2, 0.25) is 0 Å². The minimum absolute atomic E-state index is 0.0878. The van der Waals surface area contributed by atoms with Crippen molar-refractivity contribution in [1.29, 1.82) is 0 Å². The molecule has 0 aromatic heterocycles. The van der Waals surface area contributed by atoms with Crippen LogP contribution < -0.4 is 5.73 Å². The average Bonchev–Trinajstić information content (AvgIpc) is 2.38. The van der Waals surface area contributed by atoms with Crippen molar-refractivity contribution < 1.29 is 9.53 Å². The first kappa shape index (κ1) is 15.8. The number of ether oxygens (including phenoxy) is 1. The Bertz CT molecular complexity index is 508. The Morgan fingerprint density at radius 2 is 2.00 bits per heavy atom. The maximum absolute atomic E-state index is 12.2. The quantitative estimate of drug-likeness (QED) is 0.865. The topological polar surface area (TPSA) is 55.6 Å². The third-order valence-corrected chi connectivity index (χ3v) is 3.91. The molecule has 2 N–H and O–H groups in total. The monoisotopic (exact) mass is 290 g/mol. The molecule has 1 amide bonds. The molecule has 1 aromatic rings. The average molecular weight is 290 g/mol. The number of hydrogen-bond donors (Lipinski definition) is 1. The van der Waals surface area contributed by atoms with E-state index in [0.29, 0.717) is 13.1 Å². The molecule has 0 aliphatic carbocycles. The molecular weight excluding hydrogens is 264 g/mol. The van der Waals surface area contributed by atoms with Crippen LogP contribution in [0.4, 0.5) is 4.79 Å². The molecule has 1 fully saturated rings. The lowest BCUT2D eigenvalue weighted by Gasteiger charge is -2.38. The number of benzene rings is 1. The minimum Gasteiger partial charge on any atom is -0.444 e. The Morgan fingerprint density at radius 3 is 2.62 bits per heavy atom. The largest absolute Gasteiger partial charge is 0.444 e. The Morgan fingerprint density at radius 1 is 1.33 bits per heavy atom. The van der Waals surface area contributed by atoms with Crippen LogP contribution in [0.5, 0.6) is 0 Å². The number of amides is 1. The van der Waals surface area contributed by atoms with Gasteiger partial charge in [0.1, 0.15) is 5.60 Å². The summed E-state index contributed by atoms with van der Waals surface area (Å²) in [5.74, 6) is 0.174. The van der Waals surface area contributed by atoms with Crippen LogP contribution in [0.3, 0.4) is 0 Å². The molecule has 0 radical (unpaired) electrons. The molecule has 1 saturated heterocycles. The van der Waals surface area contributed by atoms with Crippen molar-refractivity contribution in [3.05, 3.63) is 35.4 Å². The molecule has 4 nitrogen and oxygen atoms in total. The Hall–Kier alpha value is -1.55. The second kappa shape index (κ2) is 6.06. The van der Waals surface area contributed by atoms with Gasteiger partial charge in [-0.3, -0.25) is 0 Å². The van der Waals surface area contributed by atoms with E-state index in [2.05, 4.69) is 19.1 Å². The highest BCUT2D eigenvalue weighted by atomic mass is 16.6. The number of rotatable bonds is 1. The summed E-state index contributed by atoms with van der Waals surface area (Å²) in [5, 5.41) is 0. The van der Waals surface area contributed by atoms with Crippen molar-refractivity contribution >= 4 is 6.09 Å². The van der Waals surface area contributed by atoms with E-state index in [0.717, 1.165) is 6.42 Å². The Kier molecular flexibility index (Phi) is 4.57. The van der Waals surface area contributed by atoms with Crippen LogP contribution in [0.1, 0.15) is 44.2 Å². The van der Waals surface area contributed by atoms with Gasteiger partial charge in [0.05, 0.1) is 0 Å². The number of nitrogens with two attached hydrogens (primary N) is 1. The van der Waals surface area contributed by atoms with E-state index in [1.807, 2.05) is 32.9 Å². The van der Waals surface area contributed by atoms with Gasteiger partial charge in [-0.25, -0.2) is 4.79 Å². The van der Waals surface area contributed by atoms with Gasteiger partial charge >= 0.3 is 6.09 Å². The zero-order chi connectivity index (χ0) is 15.6. The fourth-order valence-electron chi connectivity index (χ4n) is 2.79. The fraction of sp³-hybridized carbons (Fsp3) is 0.588. The second-order valence-corrected chi connectivity index (χ2v) is 6.84. The molecule has 1 aromatic carbocycles. The first-order valence-corrected chi connectivity index (χ1v) is 7.57. The highest BCUT2D eigenvalue weighted by molar-refractivity contribution is 5.68. The number of likely N-dealkylation sites (tertiary alicyclic amines) is 1.